The molecule has 0 N–H and O–H groups in total. The minimum Gasteiger partial charge on any atom is -0.493 e. The molecular formula is C18H16O2. The summed E-state index contributed by atoms with van der Waals surface area (Å²) in [7, 11) is 0. The Labute approximate surface area is 118 Å². The first-order chi connectivity index (χ1) is 9.83. The molecule has 1 heterocycles. The first-order valence-electron chi connectivity index (χ1n) is 6.86. The molecule has 0 aromatic heterocycles. The van der Waals surface area contributed by atoms with Crippen molar-refractivity contribution in [3.63, 3.8) is 0 Å². The Morgan fingerprint density at radius 3 is 2.80 bits per heavy atom. The number of hydrogen-bond acceptors (Lipinski definition) is 2. The maximum Gasteiger partial charge on any atom is 0.185 e. The maximum absolute atomic E-state index is 12.2. The number of ether oxygens (including phenoxy) is 1. The number of fused-ring (bicyclic) bond motifs is 1. The Morgan fingerprint density at radius 1 is 1.10 bits per heavy atom. The molecule has 1 aliphatic heterocycles. The summed E-state index contributed by atoms with van der Waals surface area (Å²) >= 11 is 0. The third-order valence-corrected chi connectivity index (χ3v) is 3.42. The second-order valence-electron chi connectivity index (χ2n) is 4.88. The van der Waals surface area contributed by atoms with Gasteiger partial charge in [0.15, 0.2) is 5.78 Å². The zero-order valence-corrected chi connectivity index (χ0v) is 11.2. The van der Waals surface area contributed by atoms with E-state index in [1.54, 1.807) is 6.08 Å². The van der Waals surface area contributed by atoms with Crippen molar-refractivity contribution < 1.29 is 9.53 Å². The Bertz CT molecular complexity index is 642. The van der Waals surface area contributed by atoms with E-state index in [0.29, 0.717) is 0 Å². The number of aryl methyl sites for hydroxylation is 1. The predicted octanol–water partition coefficient (Wildman–Crippen LogP) is 3.91. The van der Waals surface area contributed by atoms with Crippen LogP contribution in [-0.2, 0) is 6.42 Å². The highest BCUT2D eigenvalue weighted by Crippen LogP contribution is 2.25. The van der Waals surface area contributed by atoms with Gasteiger partial charge in [0.1, 0.15) is 5.75 Å². The second-order valence-corrected chi connectivity index (χ2v) is 4.88. The summed E-state index contributed by atoms with van der Waals surface area (Å²) in [5.74, 6) is 0.946. The fourth-order valence-corrected chi connectivity index (χ4v) is 2.35. The molecule has 0 spiro atoms. The summed E-state index contributed by atoms with van der Waals surface area (Å²) in [5.41, 5.74) is 2.89. The molecule has 20 heavy (non-hydrogen) atoms. The van der Waals surface area contributed by atoms with Crippen molar-refractivity contribution in [2.24, 2.45) is 0 Å². The summed E-state index contributed by atoms with van der Waals surface area (Å²) in [6.07, 6.45) is 5.47. The van der Waals surface area contributed by atoms with Crippen LogP contribution in [0.5, 0.6) is 5.75 Å². The standard InChI is InChI=1S/C18H16O2/c19-17(10-8-14-5-2-1-3-6-14)15-9-11-18-16(13-15)7-4-12-20-18/h1-3,5-6,8-11,13H,4,7,12H2. The van der Waals surface area contributed by atoms with Crippen LogP contribution in [0.1, 0.15) is 27.9 Å². The summed E-state index contributed by atoms with van der Waals surface area (Å²) < 4.78 is 5.56. The van der Waals surface area contributed by atoms with Gasteiger partial charge in [0.2, 0.25) is 0 Å². The SMILES string of the molecule is O=C(C=Cc1ccccc1)c1ccc2c(c1)CCCO2. The molecule has 0 amide bonds. The van der Waals surface area contributed by atoms with E-state index >= 15 is 0 Å². The van der Waals surface area contributed by atoms with E-state index in [1.807, 2.05) is 54.6 Å². The maximum atomic E-state index is 12.2. The normalized spacial score (nSPS) is 13.8. The van der Waals surface area contributed by atoms with E-state index in [0.717, 1.165) is 41.9 Å². The molecular weight excluding hydrogens is 248 g/mol. The summed E-state index contributed by atoms with van der Waals surface area (Å²) in [6.45, 7) is 0.772. The number of ketones is 1. The van der Waals surface area contributed by atoms with Crippen LogP contribution in [0, 0.1) is 0 Å². The number of carbonyl (C=O) groups is 1. The third kappa shape index (κ3) is 2.80. The molecule has 0 atom stereocenters. The van der Waals surface area contributed by atoms with Crippen molar-refractivity contribution >= 4 is 11.9 Å². The molecule has 0 aliphatic carbocycles. The van der Waals surface area contributed by atoms with Gasteiger partial charge in [-0.2, -0.15) is 0 Å². The fourth-order valence-electron chi connectivity index (χ4n) is 2.35. The number of hydrogen-bond donors (Lipinski definition) is 0. The van der Waals surface area contributed by atoms with E-state index in [1.165, 1.54) is 0 Å². The van der Waals surface area contributed by atoms with Gasteiger partial charge in [0, 0.05) is 5.56 Å². The van der Waals surface area contributed by atoms with Gasteiger partial charge in [0.25, 0.3) is 0 Å². The number of allylic oxidation sites excluding steroid dienone is 1. The predicted molar refractivity (Wildman–Crippen MR) is 80.1 cm³/mol. The average molecular weight is 264 g/mol. The van der Waals surface area contributed by atoms with Crippen LogP contribution < -0.4 is 4.74 Å². The first kappa shape index (κ1) is 12.7. The first-order valence-corrected chi connectivity index (χ1v) is 6.86. The third-order valence-electron chi connectivity index (χ3n) is 3.42. The number of rotatable bonds is 3. The fraction of sp³-hybridized carbons (Fsp3) is 0.167. The summed E-state index contributed by atoms with van der Waals surface area (Å²) in [4.78, 5) is 12.2. The lowest BCUT2D eigenvalue weighted by Crippen LogP contribution is -2.09. The molecule has 1 aliphatic rings. The molecule has 0 fully saturated rings. The van der Waals surface area contributed by atoms with Crippen LogP contribution in [0.25, 0.3) is 6.08 Å². The lowest BCUT2D eigenvalue weighted by Gasteiger charge is -2.17. The van der Waals surface area contributed by atoms with E-state index in [-0.39, 0.29) is 5.78 Å². The Hall–Kier alpha value is -2.35. The van der Waals surface area contributed by atoms with Crippen LogP contribution in [0.15, 0.2) is 54.6 Å². The molecule has 2 aromatic rings. The van der Waals surface area contributed by atoms with E-state index in [9.17, 15) is 4.79 Å². The topological polar surface area (TPSA) is 26.3 Å². The van der Waals surface area contributed by atoms with E-state index in [2.05, 4.69) is 0 Å². The van der Waals surface area contributed by atoms with Crippen molar-refractivity contribution in [2.75, 3.05) is 6.61 Å². The molecule has 0 bridgehead atoms. The molecule has 0 radical (unpaired) electrons. The van der Waals surface area contributed by atoms with Crippen LogP contribution in [0.4, 0.5) is 0 Å². The van der Waals surface area contributed by atoms with Gasteiger partial charge in [0.05, 0.1) is 6.61 Å². The number of benzene rings is 2. The molecule has 2 nitrogen and oxygen atoms in total. The molecule has 100 valence electrons. The zero-order valence-electron chi connectivity index (χ0n) is 11.2. The van der Waals surface area contributed by atoms with Gasteiger partial charge in [-0.3, -0.25) is 4.79 Å². The van der Waals surface area contributed by atoms with Crippen molar-refractivity contribution in [3.05, 3.63) is 71.3 Å². The van der Waals surface area contributed by atoms with Crippen LogP contribution in [-0.4, -0.2) is 12.4 Å². The van der Waals surface area contributed by atoms with Crippen molar-refractivity contribution in [2.45, 2.75) is 12.8 Å². The van der Waals surface area contributed by atoms with Crippen LogP contribution >= 0.6 is 0 Å². The highest BCUT2D eigenvalue weighted by Gasteiger charge is 2.12. The van der Waals surface area contributed by atoms with Gasteiger partial charge in [-0.1, -0.05) is 36.4 Å². The monoisotopic (exact) mass is 264 g/mol. The van der Waals surface area contributed by atoms with Crippen molar-refractivity contribution in [1.82, 2.24) is 0 Å². The molecule has 2 heteroatoms. The summed E-state index contributed by atoms with van der Waals surface area (Å²) in [5, 5.41) is 0. The van der Waals surface area contributed by atoms with Crippen molar-refractivity contribution in [1.29, 1.82) is 0 Å². The van der Waals surface area contributed by atoms with Crippen molar-refractivity contribution in [3.8, 4) is 5.75 Å². The minimum atomic E-state index is 0.0298. The lowest BCUT2D eigenvalue weighted by atomic mass is 10.0. The lowest BCUT2D eigenvalue weighted by molar-refractivity contribution is 0.104. The Balaban J connectivity index is 1.79. The number of carbonyl (C=O) groups excluding carboxylic acids is 1. The second kappa shape index (κ2) is 5.74. The van der Waals surface area contributed by atoms with Crippen LogP contribution in [0.2, 0.25) is 0 Å². The van der Waals surface area contributed by atoms with E-state index < -0.39 is 0 Å². The Morgan fingerprint density at radius 2 is 1.95 bits per heavy atom. The van der Waals surface area contributed by atoms with E-state index in [4.69, 9.17) is 4.74 Å². The van der Waals surface area contributed by atoms with Gasteiger partial charge >= 0.3 is 0 Å². The largest absolute Gasteiger partial charge is 0.493 e. The van der Waals surface area contributed by atoms with Gasteiger partial charge < -0.3 is 4.74 Å². The summed E-state index contributed by atoms with van der Waals surface area (Å²) in [6, 6.07) is 15.5. The smallest absolute Gasteiger partial charge is 0.185 e. The Kier molecular flexibility index (Phi) is 3.64. The molecule has 0 unspecified atom stereocenters. The van der Waals surface area contributed by atoms with Gasteiger partial charge in [-0.05, 0) is 48.2 Å². The molecule has 0 saturated carbocycles. The molecule has 0 saturated heterocycles. The quantitative estimate of drug-likeness (QED) is 0.620. The highest BCUT2D eigenvalue weighted by molar-refractivity contribution is 6.07. The van der Waals surface area contributed by atoms with Gasteiger partial charge in [-0.25, -0.2) is 0 Å². The highest BCUT2D eigenvalue weighted by atomic mass is 16.5. The van der Waals surface area contributed by atoms with Gasteiger partial charge in [-0.15, -0.1) is 0 Å². The minimum absolute atomic E-state index is 0.0298. The van der Waals surface area contributed by atoms with Crippen LogP contribution in [0.3, 0.4) is 0 Å². The average Bonchev–Trinajstić information content (AvgIpc) is 2.53. The molecule has 2 aromatic carbocycles. The molecule has 3 rings (SSSR count). The zero-order chi connectivity index (χ0) is 13.8.